The molecular weight excluding hydrogens is 126 g/mol. The molecule has 0 aliphatic rings. The van der Waals surface area contributed by atoms with Crippen LogP contribution in [-0.4, -0.2) is 16.4 Å². The van der Waals surface area contributed by atoms with Crippen LogP contribution in [0.5, 0.6) is 0 Å². The van der Waals surface area contributed by atoms with Gasteiger partial charge in [0.05, 0.1) is 0 Å². The summed E-state index contributed by atoms with van der Waals surface area (Å²) < 4.78 is 0. The van der Waals surface area contributed by atoms with Gasteiger partial charge in [0.25, 0.3) is 0 Å². The second-order valence-electron chi connectivity index (χ2n) is 1.31. The number of nitrogens with one attached hydrogen (secondary N) is 2. The predicted octanol–water partition coefficient (Wildman–Crippen LogP) is -1.34. The molecule has 4 nitrogen and oxygen atoms in total. The normalized spacial score (nSPS) is 12.8. The van der Waals surface area contributed by atoms with E-state index in [1.165, 1.54) is 0 Å². The standard InChI is InChI=1S/C3H9N3OS/c1-2(7)5-6-3(4)8/h2,5,7H,1H3,(H3,4,6,8). The average Bonchev–Trinajstić information content (AvgIpc) is 1.61. The number of thiocarbonyl (C=S) groups is 1. The summed E-state index contributed by atoms with van der Waals surface area (Å²) >= 11 is 4.41. The van der Waals surface area contributed by atoms with Crippen molar-refractivity contribution >= 4 is 17.3 Å². The van der Waals surface area contributed by atoms with Gasteiger partial charge in [-0.05, 0) is 19.1 Å². The lowest BCUT2D eigenvalue weighted by Crippen LogP contribution is -2.45. The van der Waals surface area contributed by atoms with Crippen molar-refractivity contribution < 1.29 is 5.11 Å². The molecule has 0 aromatic carbocycles. The fraction of sp³-hybridized carbons (Fsp3) is 0.667. The number of hydrogen-bond acceptors (Lipinski definition) is 3. The van der Waals surface area contributed by atoms with Gasteiger partial charge in [-0.1, -0.05) is 0 Å². The maximum Gasteiger partial charge on any atom is 0.178 e. The number of rotatable bonds is 2. The number of aliphatic hydroxyl groups excluding tert-OH is 1. The molecule has 0 heterocycles. The molecule has 0 radical (unpaired) electrons. The Kier molecular flexibility index (Phi) is 3.42. The van der Waals surface area contributed by atoms with Crippen LogP contribution in [0.3, 0.4) is 0 Å². The van der Waals surface area contributed by atoms with Crippen molar-refractivity contribution in [2.45, 2.75) is 13.2 Å². The molecule has 0 aliphatic carbocycles. The first-order chi connectivity index (χ1) is 3.63. The SMILES string of the molecule is CC(O)NNC(N)=S. The fourth-order valence-electron chi connectivity index (χ4n) is 0.176. The first-order valence-corrected chi connectivity index (χ1v) is 2.53. The Morgan fingerprint density at radius 2 is 2.38 bits per heavy atom. The minimum Gasteiger partial charge on any atom is -0.377 e. The van der Waals surface area contributed by atoms with Gasteiger partial charge in [0.2, 0.25) is 0 Å². The van der Waals surface area contributed by atoms with E-state index in [0.29, 0.717) is 0 Å². The molecule has 0 amide bonds. The van der Waals surface area contributed by atoms with Crippen molar-refractivity contribution in [2.75, 3.05) is 0 Å². The van der Waals surface area contributed by atoms with Crippen LogP contribution < -0.4 is 16.6 Å². The Hall–Kier alpha value is -0.390. The van der Waals surface area contributed by atoms with Crippen molar-refractivity contribution in [2.24, 2.45) is 5.73 Å². The van der Waals surface area contributed by atoms with E-state index in [2.05, 4.69) is 23.1 Å². The number of aliphatic hydroxyl groups is 1. The molecular formula is C3H9N3OS. The summed E-state index contributed by atoms with van der Waals surface area (Å²) in [6.45, 7) is 1.55. The van der Waals surface area contributed by atoms with Gasteiger partial charge >= 0.3 is 0 Å². The van der Waals surface area contributed by atoms with E-state index in [4.69, 9.17) is 10.8 Å². The lowest BCUT2D eigenvalue weighted by atomic mass is 10.7. The summed E-state index contributed by atoms with van der Waals surface area (Å²) in [5, 5.41) is 8.63. The first kappa shape index (κ1) is 7.61. The number of hydrazine groups is 1. The van der Waals surface area contributed by atoms with Crippen molar-refractivity contribution in [1.82, 2.24) is 10.9 Å². The van der Waals surface area contributed by atoms with Crippen molar-refractivity contribution in [3.05, 3.63) is 0 Å². The van der Waals surface area contributed by atoms with Crippen LogP contribution in [0.1, 0.15) is 6.92 Å². The van der Waals surface area contributed by atoms with Crippen LogP contribution in [0.2, 0.25) is 0 Å². The summed E-state index contributed by atoms with van der Waals surface area (Å²) in [6, 6.07) is 0. The summed E-state index contributed by atoms with van der Waals surface area (Å²) in [7, 11) is 0. The molecule has 0 aromatic rings. The molecule has 0 rings (SSSR count). The van der Waals surface area contributed by atoms with Crippen molar-refractivity contribution in [3.63, 3.8) is 0 Å². The zero-order chi connectivity index (χ0) is 6.57. The summed E-state index contributed by atoms with van der Waals surface area (Å²) in [6.07, 6.45) is -0.642. The van der Waals surface area contributed by atoms with Crippen LogP contribution in [0.4, 0.5) is 0 Å². The van der Waals surface area contributed by atoms with Gasteiger partial charge in [-0.15, -0.1) is 0 Å². The smallest absolute Gasteiger partial charge is 0.178 e. The molecule has 0 spiro atoms. The third-order valence-electron chi connectivity index (χ3n) is 0.404. The molecule has 0 saturated heterocycles. The van der Waals surface area contributed by atoms with Gasteiger partial charge in [0.1, 0.15) is 6.23 Å². The molecule has 5 N–H and O–H groups in total. The van der Waals surface area contributed by atoms with E-state index in [0.717, 1.165) is 0 Å². The second kappa shape index (κ2) is 3.59. The molecule has 0 saturated carbocycles. The summed E-state index contributed by atoms with van der Waals surface area (Å²) in [4.78, 5) is 0. The lowest BCUT2D eigenvalue weighted by Gasteiger charge is -2.06. The maximum absolute atomic E-state index is 8.51. The van der Waals surface area contributed by atoms with Gasteiger partial charge < -0.3 is 10.8 Å². The molecule has 1 unspecified atom stereocenters. The quantitative estimate of drug-likeness (QED) is 0.214. The van der Waals surface area contributed by atoms with Crippen LogP contribution in [0.25, 0.3) is 0 Å². The molecule has 5 heteroatoms. The third kappa shape index (κ3) is 5.61. The third-order valence-corrected chi connectivity index (χ3v) is 0.506. The Balaban J connectivity index is 3.05. The van der Waals surface area contributed by atoms with E-state index < -0.39 is 6.23 Å². The Morgan fingerprint density at radius 3 is 2.50 bits per heavy atom. The van der Waals surface area contributed by atoms with Crippen LogP contribution in [0, 0.1) is 0 Å². The molecule has 0 aromatic heterocycles. The Labute approximate surface area is 53.0 Å². The highest BCUT2D eigenvalue weighted by molar-refractivity contribution is 7.80. The molecule has 0 fully saturated rings. The van der Waals surface area contributed by atoms with Crippen molar-refractivity contribution in [1.29, 1.82) is 0 Å². The second-order valence-corrected chi connectivity index (χ2v) is 1.75. The van der Waals surface area contributed by atoms with E-state index in [1.807, 2.05) is 0 Å². The zero-order valence-electron chi connectivity index (χ0n) is 4.51. The van der Waals surface area contributed by atoms with Crippen LogP contribution in [0.15, 0.2) is 0 Å². The van der Waals surface area contributed by atoms with Gasteiger partial charge in [0, 0.05) is 0 Å². The first-order valence-electron chi connectivity index (χ1n) is 2.12. The largest absolute Gasteiger partial charge is 0.377 e. The van der Waals surface area contributed by atoms with E-state index in [1.54, 1.807) is 6.92 Å². The van der Waals surface area contributed by atoms with Gasteiger partial charge in [-0.25, -0.2) is 5.43 Å². The van der Waals surface area contributed by atoms with E-state index >= 15 is 0 Å². The minimum absolute atomic E-state index is 0.117. The van der Waals surface area contributed by atoms with Crippen molar-refractivity contribution in [3.8, 4) is 0 Å². The summed E-state index contributed by atoms with van der Waals surface area (Å²) in [5.74, 6) is 0. The van der Waals surface area contributed by atoms with Crippen LogP contribution in [-0.2, 0) is 0 Å². The van der Waals surface area contributed by atoms with Crippen LogP contribution >= 0.6 is 12.2 Å². The highest BCUT2D eigenvalue weighted by Gasteiger charge is 1.89. The zero-order valence-corrected chi connectivity index (χ0v) is 5.33. The average molecular weight is 135 g/mol. The Morgan fingerprint density at radius 1 is 1.88 bits per heavy atom. The minimum atomic E-state index is -0.642. The molecule has 48 valence electrons. The van der Waals surface area contributed by atoms with Gasteiger partial charge in [-0.3, -0.25) is 5.43 Å². The Bertz CT molecular complexity index is 84.6. The topological polar surface area (TPSA) is 70.3 Å². The molecule has 8 heavy (non-hydrogen) atoms. The predicted molar refractivity (Wildman–Crippen MR) is 34.7 cm³/mol. The molecule has 1 atom stereocenters. The number of nitrogens with two attached hydrogens (primary N) is 1. The number of hydrogen-bond donors (Lipinski definition) is 4. The van der Waals surface area contributed by atoms with Gasteiger partial charge in [0.15, 0.2) is 5.11 Å². The van der Waals surface area contributed by atoms with E-state index in [-0.39, 0.29) is 5.11 Å². The maximum atomic E-state index is 8.51. The summed E-state index contributed by atoms with van der Waals surface area (Å²) in [5.41, 5.74) is 9.73. The monoisotopic (exact) mass is 135 g/mol. The fourth-order valence-corrected chi connectivity index (χ4v) is 0.234. The molecule has 0 aliphatic heterocycles. The highest BCUT2D eigenvalue weighted by atomic mass is 32.1. The van der Waals surface area contributed by atoms with Gasteiger partial charge in [-0.2, -0.15) is 0 Å². The van der Waals surface area contributed by atoms with E-state index in [9.17, 15) is 0 Å². The molecule has 0 bridgehead atoms. The lowest BCUT2D eigenvalue weighted by molar-refractivity contribution is 0.148. The highest BCUT2D eigenvalue weighted by Crippen LogP contribution is 1.63.